The third kappa shape index (κ3) is 10.1. The van der Waals surface area contributed by atoms with Gasteiger partial charge in [0.15, 0.2) is 5.96 Å². The van der Waals surface area contributed by atoms with E-state index in [2.05, 4.69) is 15.6 Å². The number of nitrogens with one attached hydrogen (secondary N) is 2. The SMILES string of the molecule is CN=C(NCCc1ccc(F)cc1)NCC(=O)OC(C)(C)C.I. The minimum absolute atomic E-state index is 0. The molecule has 7 heteroatoms. The molecule has 0 spiro atoms. The maximum atomic E-state index is 12.8. The first kappa shape index (κ1) is 21.6. The van der Waals surface area contributed by atoms with Gasteiger partial charge in [-0.2, -0.15) is 0 Å². The van der Waals surface area contributed by atoms with Gasteiger partial charge in [0.05, 0.1) is 0 Å². The number of hydrogen-bond donors (Lipinski definition) is 2. The van der Waals surface area contributed by atoms with Crippen molar-refractivity contribution in [2.45, 2.75) is 32.8 Å². The lowest BCUT2D eigenvalue weighted by molar-refractivity contribution is -0.153. The fourth-order valence-electron chi connectivity index (χ4n) is 1.73. The number of halogens is 2. The summed E-state index contributed by atoms with van der Waals surface area (Å²) in [4.78, 5) is 15.6. The molecule has 0 aliphatic rings. The Labute approximate surface area is 154 Å². The van der Waals surface area contributed by atoms with E-state index in [-0.39, 0.29) is 42.3 Å². The zero-order chi connectivity index (χ0) is 16.6. The first-order chi connectivity index (χ1) is 10.3. The highest BCUT2D eigenvalue weighted by atomic mass is 127. The van der Waals surface area contributed by atoms with E-state index in [1.54, 1.807) is 19.2 Å². The average Bonchev–Trinajstić information content (AvgIpc) is 2.42. The molecule has 1 rings (SSSR count). The number of aliphatic imine (C=N–C) groups is 1. The first-order valence-corrected chi connectivity index (χ1v) is 7.21. The van der Waals surface area contributed by atoms with Gasteiger partial charge in [-0.15, -0.1) is 24.0 Å². The molecule has 130 valence electrons. The van der Waals surface area contributed by atoms with Crippen LogP contribution >= 0.6 is 24.0 Å². The van der Waals surface area contributed by atoms with Crippen LogP contribution in [0.15, 0.2) is 29.3 Å². The van der Waals surface area contributed by atoms with Crippen LogP contribution in [-0.2, 0) is 16.0 Å². The van der Waals surface area contributed by atoms with Gasteiger partial charge in [0.2, 0.25) is 0 Å². The van der Waals surface area contributed by atoms with Crippen LogP contribution in [0.3, 0.4) is 0 Å². The number of benzene rings is 1. The zero-order valence-electron chi connectivity index (χ0n) is 14.0. The molecule has 0 saturated heterocycles. The van der Waals surface area contributed by atoms with Gasteiger partial charge >= 0.3 is 5.97 Å². The fourth-order valence-corrected chi connectivity index (χ4v) is 1.73. The minimum atomic E-state index is -0.502. The summed E-state index contributed by atoms with van der Waals surface area (Å²) in [7, 11) is 1.63. The molecule has 0 aliphatic carbocycles. The third-order valence-corrected chi connectivity index (χ3v) is 2.66. The predicted molar refractivity (Wildman–Crippen MR) is 101 cm³/mol. The van der Waals surface area contributed by atoms with Crippen molar-refractivity contribution in [2.75, 3.05) is 20.1 Å². The summed E-state index contributed by atoms with van der Waals surface area (Å²) in [6.45, 7) is 6.13. The van der Waals surface area contributed by atoms with E-state index in [4.69, 9.17) is 4.74 Å². The number of nitrogens with zero attached hydrogens (tertiary/aromatic N) is 1. The van der Waals surface area contributed by atoms with Gasteiger partial charge in [-0.05, 0) is 44.9 Å². The Morgan fingerprint density at radius 3 is 2.35 bits per heavy atom. The number of carbonyl (C=O) groups excluding carboxylic acids is 1. The lowest BCUT2D eigenvalue weighted by Crippen LogP contribution is -2.42. The Morgan fingerprint density at radius 1 is 1.22 bits per heavy atom. The lowest BCUT2D eigenvalue weighted by Gasteiger charge is -2.20. The normalized spacial score (nSPS) is 11.4. The maximum Gasteiger partial charge on any atom is 0.325 e. The number of guanidine groups is 1. The highest BCUT2D eigenvalue weighted by molar-refractivity contribution is 14.0. The van der Waals surface area contributed by atoms with E-state index in [0.717, 1.165) is 12.0 Å². The number of esters is 1. The van der Waals surface area contributed by atoms with Crippen molar-refractivity contribution >= 4 is 35.9 Å². The molecular weight excluding hydrogens is 412 g/mol. The van der Waals surface area contributed by atoms with Crippen molar-refractivity contribution in [1.29, 1.82) is 0 Å². The monoisotopic (exact) mass is 437 g/mol. The molecule has 0 aliphatic heterocycles. The molecule has 0 heterocycles. The van der Waals surface area contributed by atoms with Gasteiger partial charge in [-0.25, -0.2) is 4.39 Å². The summed E-state index contributed by atoms with van der Waals surface area (Å²) >= 11 is 0. The van der Waals surface area contributed by atoms with Crippen LogP contribution < -0.4 is 10.6 Å². The van der Waals surface area contributed by atoms with E-state index >= 15 is 0 Å². The Hall–Kier alpha value is -1.38. The molecular formula is C16H25FIN3O2. The molecule has 2 N–H and O–H groups in total. The molecule has 1 aromatic carbocycles. The number of rotatable bonds is 5. The molecule has 0 bridgehead atoms. The molecule has 0 fully saturated rings. The Balaban J connectivity index is 0.00000484. The van der Waals surface area contributed by atoms with Crippen LogP contribution in [0.25, 0.3) is 0 Å². The highest BCUT2D eigenvalue weighted by Crippen LogP contribution is 2.06. The van der Waals surface area contributed by atoms with Crippen LogP contribution in [0.4, 0.5) is 4.39 Å². The van der Waals surface area contributed by atoms with Gasteiger partial charge in [0.1, 0.15) is 18.0 Å². The van der Waals surface area contributed by atoms with Gasteiger partial charge < -0.3 is 15.4 Å². The number of hydrogen-bond acceptors (Lipinski definition) is 3. The van der Waals surface area contributed by atoms with Crippen molar-refractivity contribution < 1.29 is 13.9 Å². The van der Waals surface area contributed by atoms with Crippen molar-refractivity contribution in [3.05, 3.63) is 35.6 Å². The van der Waals surface area contributed by atoms with Crippen molar-refractivity contribution in [1.82, 2.24) is 10.6 Å². The smallest absolute Gasteiger partial charge is 0.325 e. The van der Waals surface area contributed by atoms with Gasteiger partial charge in [0.25, 0.3) is 0 Å². The number of carbonyl (C=O) groups is 1. The number of ether oxygens (including phenoxy) is 1. The topological polar surface area (TPSA) is 62.7 Å². The maximum absolute atomic E-state index is 12.8. The summed E-state index contributed by atoms with van der Waals surface area (Å²) in [6.07, 6.45) is 0.730. The highest BCUT2D eigenvalue weighted by Gasteiger charge is 2.16. The third-order valence-electron chi connectivity index (χ3n) is 2.66. The Morgan fingerprint density at radius 2 is 1.83 bits per heavy atom. The molecule has 1 aromatic rings. The van der Waals surface area contributed by atoms with Crippen LogP contribution in [0.5, 0.6) is 0 Å². The van der Waals surface area contributed by atoms with E-state index in [1.807, 2.05) is 20.8 Å². The standard InChI is InChI=1S/C16H24FN3O2.HI/c1-16(2,3)22-14(21)11-20-15(18-4)19-10-9-12-5-7-13(17)8-6-12;/h5-8H,9-11H2,1-4H3,(H2,18,19,20);1H. The van der Waals surface area contributed by atoms with Crippen LogP contribution in [0, 0.1) is 5.82 Å². The molecule has 0 atom stereocenters. The second-order valence-electron chi connectivity index (χ2n) is 5.82. The summed E-state index contributed by atoms with van der Waals surface area (Å²) in [5.74, 6) is -0.0616. The van der Waals surface area contributed by atoms with Gasteiger partial charge in [-0.3, -0.25) is 9.79 Å². The van der Waals surface area contributed by atoms with E-state index in [9.17, 15) is 9.18 Å². The van der Waals surface area contributed by atoms with Crippen LogP contribution in [0.2, 0.25) is 0 Å². The fraction of sp³-hybridized carbons (Fsp3) is 0.500. The summed E-state index contributed by atoms with van der Waals surface area (Å²) < 4.78 is 18.0. The molecule has 23 heavy (non-hydrogen) atoms. The lowest BCUT2D eigenvalue weighted by atomic mass is 10.1. The summed E-state index contributed by atoms with van der Waals surface area (Å²) in [6, 6.07) is 6.36. The van der Waals surface area contributed by atoms with Crippen molar-refractivity contribution in [3.8, 4) is 0 Å². The van der Waals surface area contributed by atoms with Crippen molar-refractivity contribution in [3.63, 3.8) is 0 Å². The predicted octanol–water partition coefficient (Wildman–Crippen LogP) is 2.49. The van der Waals surface area contributed by atoms with Crippen LogP contribution in [-0.4, -0.2) is 37.7 Å². The zero-order valence-corrected chi connectivity index (χ0v) is 16.3. The molecule has 0 aromatic heterocycles. The average molecular weight is 437 g/mol. The van der Waals surface area contributed by atoms with E-state index in [1.165, 1.54) is 12.1 Å². The molecule has 5 nitrogen and oxygen atoms in total. The summed E-state index contributed by atoms with van der Waals surface area (Å²) in [5.41, 5.74) is 0.523. The van der Waals surface area contributed by atoms with E-state index < -0.39 is 5.60 Å². The van der Waals surface area contributed by atoms with Gasteiger partial charge in [0, 0.05) is 13.6 Å². The first-order valence-electron chi connectivity index (χ1n) is 7.21. The molecule has 0 unspecified atom stereocenters. The Kier molecular flexibility index (Phi) is 9.78. The molecule has 0 amide bonds. The quantitative estimate of drug-likeness (QED) is 0.322. The van der Waals surface area contributed by atoms with Crippen LogP contribution in [0.1, 0.15) is 26.3 Å². The van der Waals surface area contributed by atoms with Crippen molar-refractivity contribution in [2.24, 2.45) is 4.99 Å². The molecule has 0 radical (unpaired) electrons. The summed E-state index contributed by atoms with van der Waals surface area (Å²) in [5, 5.41) is 5.98. The largest absolute Gasteiger partial charge is 0.459 e. The van der Waals surface area contributed by atoms with E-state index in [0.29, 0.717) is 12.5 Å². The second kappa shape index (κ2) is 10.4. The van der Waals surface area contributed by atoms with Gasteiger partial charge in [-0.1, -0.05) is 12.1 Å². The second-order valence-corrected chi connectivity index (χ2v) is 5.82. The molecule has 0 saturated carbocycles. The minimum Gasteiger partial charge on any atom is -0.459 e. The Bertz CT molecular complexity index is 513.